The Kier molecular flexibility index (Phi) is 3.93. The van der Waals surface area contributed by atoms with E-state index in [2.05, 4.69) is 26.1 Å². The molecule has 1 aromatic heterocycles. The molecule has 0 aromatic carbocycles. The molecule has 1 aromatic rings. The van der Waals surface area contributed by atoms with Crippen LogP contribution in [0, 0.1) is 5.41 Å². The molecule has 1 fully saturated rings. The Hall–Kier alpha value is -0.410. The van der Waals surface area contributed by atoms with E-state index in [1.54, 1.807) is 4.88 Å². The lowest BCUT2D eigenvalue weighted by atomic mass is 9.63. The largest absolute Gasteiger partial charge is 0.305 e. The van der Waals surface area contributed by atoms with Crippen molar-refractivity contribution in [1.82, 2.24) is 10.3 Å². The first-order chi connectivity index (χ1) is 9.59. The zero-order valence-electron chi connectivity index (χ0n) is 13.2. The Morgan fingerprint density at radius 3 is 2.65 bits per heavy atom. The highest BCUT2D eigenvalue weighted by atomic mass is 32.1. The van der Waals surface area contributed by atoms with Crippen molar-refractivity contribution in [3.63, 3.8) is 0 Å². The van der Waals surface area contributed by atoms with Crippen molar-refractivity contribution in [2.45, 2.75) is 77.7 Å². The molecule has 0 saturated heterocycles. The molecule has 1 N–H and O–H groups in total. The molecule has 3 heteroatoms. The van der Waals surface area contributed by atoms with Crippen molar-refractivity contribution in [2.75, 3.05) is 6.54 Å². The Morgan fingerprint density at radius 1 is 1.15 bits per heavy atom. The number of aryl methyl sites for hydroxylation is 2. The van der Waals surface area contributed by atoms with Gasteiger partial charge in [-0.2, -0.15) is 0 Å². The number of hydrogen-bond acceptors (Lipinski definition) is 3. The topological polar surface area (TPSA) is 24.9 Å². The van der Waals surface area contributed by atoms with E-state index in [9.17, 15) is 0 Å². The molecule has 1 saturated carbocycles. The van der Waals surface area contributed by atoms with Crippen LogP contribution in [0.4, 0.5) is 0 Å². The summed E-state index contributed by atoms with van der Waals surface area (Å²) in [7, 11) is 0. The fourth-order valence-corrected chi connectivity index (χ4v) is 5.55. The van der Waals surface area contributed by atoms with Crippen LogP contribution in [0.2, 0.25) is 0 Å². The number of aromatic nitrogens is 1. The lowest BCUT2D eigenvalue weighted by Gasteiger charge is -2.50. The van der Waals surface area contributed by atoms with Gasteiger partial charge in [-0.1, -0.05) is 33.6 Å². The minimum atomic E-state index is 0.121. The fourth-order valence-electron chi connectivity index (χ4n) is 4.02. The van der Waals surface area contributed by atoms with Gasteiger partial charge in [0.05, 0.1) is 11.2 Å². The summed E-state index contributed by atoms with van der Waals surface area (Å²) in [6, 6.07) is 0. The third-order valence-corrected chi connectivity index (χ3v) is 6.72. The molecule has 0 spiro atoms. The maximum Gasteiger partial charge on any atom is 0.114 e. The maximum atomic E-state index is 5.09. The molecule has 2 aliphatic rings. The van der Waals surface area contributed by atoms with Crippen molar-refractivity contribution in [1.29, 1.82) is 0 Å². The van der Waals surface area contributed by atoms with E-state index >= 15 is 0 Å². The van der Waals surface area contributed by atoms with Gasteiger partial charge in [-0.15, -0.1) is 11.3 Å². The molecule has 0 bridgehead atoms. The summed E-state index contributed by atoms with van der Waals surface area (Å²) in [5.74, 6) is 0. The number of rotatable bonds is 4. The number of nitrogens with zero attached hydrogens (tertiary/aromatic N) is 1. The van der Waals surface area contributed by atoms with Gasteiger partial charge in [0.2, 0.25) is 0 Å². The van der Waals surface area contributed by atoms with Crippen molar-refractivity contribution in [2.24, 2.45) is 5.41 Å². The summed E-state index contributed by atoms with van der Waals surface area (Å²) in [6.07, 6.45) is 10.3. The van der Waals surface area contributed by atoms with Crippen molar-refractivity contribution in [3.8, 4) is 0 Å². The second-order valence-corrected chi connectivity index (χ2v) is 8.25. The zero-order chi connectivity index (χ0) is 14.2. The molecule has 2 aliphatic carbocycles. The summed E-state index contributed by atoms with van der Waals surface area (Å²) >= 11 is 2.01. The maximum absolute atomic E-state index is 5.09. The Bertz CT molecular complexity index is 456. The van der Waals surface area contributed by atoms with E-state index in [4.69, 9.17) is 4.98 Å². The highest BCUT2D eigenvalue weighted by Gasteiger charge is 2.49. The Morgan fingerprint density at radius 2 is 1.95 bits per heavy atom. The molecular formula is C17H28N2S. The molecule has 1 atom stereocenters. The van der Waals surface area contributed by atoms with Crippen LogP contribution in [0.3, 0.4) is 0 Å². The minimum absolute atomic E-state index is 0.121. The van der Waals surface area contributed by atoms with Crippen LogP contribution in [-0.2, 0) is 18.4 Å². The molecule has 2 nitrogen and oxygen atoms in total. The summed E-state index contributed by atoms with van der Waals surface area (Å²) in [5, 5.41) is 5.32. The van der Waals surface area contributed by atoms with E-state index in [1.165, 1.54) is 62.1 Å². The quantitative estimate of drug-likeness (QED) is 0.888. The van der Waals surface area contributed by atoms with Gasteiger partial charge in [-0.3, -0.25) is 0 Å². The number of hydrogen-bond donors (Lipinski definition) is 1. The first-order valence-electron chi connectivity index (χ1n) is 8.33. The lowest BCUT2D eigenvalue weighted by Crippen LogP contribution is -2.55. The monoisotopic (exact) mass is 292 g/mol. The smallest absolute Gasteiger partial charge is 0.114 e. The molecular weight excluding hydrogens is 264 g/mol. The van der Waals surface area contributed by atoms with E-state index in [-0.39, 0.29) is 5.54 Å². The fraction of sp³-hybridized carbons (Fsp3) is 0.824. The van der Waals surface area contributed by atoms with Gasteiger partial charge >= 0.3 is 0 Å². The molecule has 1 heterocycles. The first kappa shape index (κ1) is 14.5. The molecule has 112 valence electrons. The molecule has 1 unspecified atom stereocenters. The Balaban J connectivity index is 1.99. The summed E-state index contributed by atoms with van der Waals surface area (Å²) in [5.41, 5.74) is 1.84. The average molecular weight is 292 g/mol. The number of nitrogens with one attached hydrogen (secondary N) is 1. The molecule has 20 heavy (non-hydrogen) atoms. The predicted molar refractivity (Wildman–Crippen MR) is 86.4 cm³/mol. The van der Waals surface area contributed by atoms with Crippen molar-refractivity contribution < 1.29 is 0 Å². The van der Waals surface area contributed by atoms with Crippen LogP contribution in [0.5, 0.6) is 0 Å². The van der Waals surface area contributed by atoms with Crippen LogP contribution < -0.4 is 5.32 Å². The highest BCUT2D eigenvalue weighted by Crippen LogP contribution is 2.51. The van der Waals surface area contributed by atoms with Crippen LogP contribution in [0.25, 0.3) is 0 Å². The van der Waals surface area contributed by atoms with Crippen LogP contribution in [0.15, 0.2) is 0 Å². The van der Waals surface area contributed by atoms with E-state index in [1.807, 2.05) is 11.3 Å². The van der Waals surface area contributed by atoms with Gasteiger partial charge in [-0.05, 0) is 50.5 Å². The van der Waals surface area contributed by atoms with Crippen LogP contribution in [-0.4, -0.2) is 11.5 Å². The zero-order valence-corrected chi connectivity index (χ0v) is 14.0. The minimum Gasteiger partial charge on any atom is -0.305 e. The Labute approximate surface area is 127 Å². The van der Waals surface area contributed by atoms with Gasteiger partial charge in [-0.25, -0.2) is 4.98 Å². The van der Waals surface area contributed by atoms with Gasteiger partial charge in [0.1, 0.15) is 5.01 Å². The van der Waals surface area contributed by atoms with Gasteiger partial charge < -0.3 is 5.32 Å². The predicted octanol–water partition coefficient (Wildman–Crippen LogP) is 4.43. The molecule has 3 rings (SSSR count). The van der Waals surface area contributed by atoms with Gasteiger partial charge in [0.15, 0.2) is 0 Å². The second-order valence-electron chi connectivity index (χ2n) is 7.17. The third-order valence-electron chi connectivity index (χ3n) is 5.40. The lowest BCUT2D eigenvalue weighted by molar-refractivity contribution is 0.0592. The standard InChI is InChI=1S/C17H28N2S/c1-4-12-18-17(11-6-5-10-16(17,2)3)15-19-13-8-7-9-14(13)20-15/h18H,4-12H2,1-3H3. The third kappa shape index (κ3) is 2.23. The van der Waals surface area contributed by atoms with Crippen LogP contribution in [0.1, 0.15) is 74.9 Å². The van der Waals surface area contributed by atoms with Crippen molar-refractivity contribution >= 4 is 11.3 Å². The average Bonchev–Trinajstić information content (AvgIpc) is 2.98. The SMILES string of the molecule is CCCNC1(c2nc3c(s2)CCC3)CCCCC1(C)C. The normalized spacial score (nSPS) is 28.6. The number of thiazole rings is 1. The first-order valence-corrected chi connectivity index (χ1v) is 9.15. The summed E-state index contributed by atoms with van der Waals surface area (Å²) in [4.78, 5) is 6.66. The summed E-state index contributed by atoms with van der Waals surface area (Å²) in [6.45, 7) is 8.26. The van der Waals surface area contributed by atoms with E-state index in [0.29, 0.717) is 5.41 Å². The summed E-state index contributed by atoms with van der Waals surface area (Å²) < 4.78 is 0. The van der Waals surface area contributed by atoms with Crippen molar-refractivity contribution in [3.05, 3.63) is 15.6 Å². The van der Waals surface area contributed by atoms with E-state index in [0.717, 1.165) is 6.54 Å². The van der Waals surface area contributed by atoms with Gasteiger partial charge in [0.25, 0.3) is 0 Å². The van der Waals surface area contributed by atoms with E-state index < -0.39 is 0 Å². The highest BCUT2D eigenvalue weighted by molar-refractivity contribution is 7.12. The molecule has 0 amide bonds. The molecule has 0 aliphatic heterocycles. The van der Waals surface area contributed by atoms with Crippen LogP contribution >= 0.6 is 11.3 Å². The second kappa shape index (κ2) is 5.42. The number of fused-ring (bicyclic) bond motifs is 1. The molecule has 0 radical (unpaired) electrons. The van der Waals surface area contributed by atoms with Gasteiger partial charge in [0, 0.05) is 4.88 Å².